The second-order valence-electron chi connectivity index (χ2n) is 18.6. The van der Waals surface area contributed by atoms with Crippen molar-refractivity contribution < 1.29 is 24.3 Å². The molecule has 320 valence electrons. The number of rotatable bonds is 16. The van der Waals surface area contributed by atoms with Crippen molar-refractivity contribution in [2.45, 2.75) is 128 Å². The molecule has 0 spiro atoms. The first-order chi connectivity index (χ1) is 29.7. The molecule has 7 nitrogen and oxygen atoms in total. The fourth-order valence-corrected chi connectivity index (χ4v) is 11.3. The minimum atomic E-state index is -0.470. The largest absolute Gasteiger partial charge is 0.508 e. The number of hydrogen-bond acceptors (Lipinski definition) is 6. The lowest BCUT2D eigenvalue weighted by Gasteiger charge is -2.36. The summed E-state index contributed by atoms with van der Waals surface area (Å²) in [5.41, 5.74) is 10.6. The Morgan fingerprint density at radius 3 is 2.26 bits per heavy atom. The van der Waals surface area contributed by atoms with E-state index in [2.05, 4.69) is 83.9 Å². The standard InChI is InChI=1S/C54H64N2O5/c1-3-10-39(53(60)44-30-42-29-36(4-2)49(33-43(42)31-44)50(58)34-41-18-24-51(59)55-54(41)61)14-9-8-11-35-25-27-56(28-26-35)45-19-15-38(16-20-45)52-47(37-12-6-5-7-13-37)22-17-40-32-46(57)21-23-48(40)52/h5-7,12-13,15-16,19-21,23,29,32-33,35,39,41,44,47,52,57H,3-4,8-11,14,17-18,22,24-28,30-31,34H2,1-2H3,(H,55,59,61)/t39?,41?,44?,47-,52+/m1/s1. The number of phenols is 1. The van der Waals surface area contributed by atoms with Gasteiger partial charge >= 0.3 is 0 Å². The van der Waals surface area contributed by atoms with Crippen molar-refractivity contribution in [1.82, 2.24) is 5.32 Å². The van der Waals surface area contributed by atoms with Crippen molar-refractivity contribution in [3.05, 3.63) is 129 Å². The van der Waals surface area contributed by atoms with Crippen LogP contribution in [-0.4, -0.2) is 41.6 Å². The fourth-order valence-electron chi connectivity index (χ4n) is 11.3. The number of aryl methyl sites for hydroxylation is 2. The zero-order chi connectivity index (χ0) is 42.5. The molecule has 5 atom stereocenters. The lowest BCUT2D eigenvalue weighted by molar-refractivity contribution is -0.136. The van der Waals surface area contributed by atoms with Crippen LogP contribution < -0.4 is 10.2 Å². The Balaban J connectivity index is 0.814. The van der Waals surface area contributed by atoms with E-state index in [1.165, 1.54) is 59.2 Å². The van der Waals surface area contributed by atoms with Crippen LogP contribution in [0.2, 0.25) is 0 Å². The maximum absolute atomic E-state index is 14.1. The maximum Gasteiger partial charge on any atom is 0.230 e. The van der Waals surface area contributed by atoms with E-state index in [9.17, 15) is 24.3 Å². The number of nitrogens with zero attached hydrogens (tertiary/aromatic N) is 1. The van der Waals surface area contributed by atoms with Crippen molar-refractivity contribution in [3.63, 3.8) is 0 Å². The Hall–Kier alpha value is -5.04. The number of Topliss-reactive ketones (excluding diaryl/α,β-unsaturated/α-hetero) is 2. The van der Waals surface area contributed by atoms with Crippen LogP contribution >= 0.6 is 0 Å². The molecule has 4 aromatic carbocycles. The lowest BCUT2D eigenvalue weighted by Crippen LogP contribution is -2.41. The van der Waals surface area contributed by atoms with Gasteiger partial charge in [0, 0.05) is 60.9 Å². The number of unbranched alkanes of at least 4 members (excludes halogenated alkanes) is 1. The van der Waals surface area contributed by atoms with Crippen LogP contribution in [0.25, 0.3) is 0 Å². The summed E-state index contributed by atoms with van der Waals surface area (Å²) in [4.78, 5) is 54.1. The van der Waals surface area contributed by atoms with E-state index >= 15 is 0 Å². The van der Waals surface area contributed by atoms with Crippen LogP contribution in [0.4, 0.5) is 5.69 Å². The minimum Gasteiger partial charge on any atom is -0.508 e. The number of piperidine rings is 2. The van der Waals surface area contributed by atoms with Crippen molar-refractivity contribution in [1.29, 1.82) is 0 Å². The number of aromatic hydroxyl groups is 1. The highest BCUT2D eigenvalue weighted by molar-refractivity contribution is 6.04. The number of carbonyl (C=O) groups is 4. The van der Waals surface area contributed by atoms with Gasteiger partial charge in [0.05, 0.1) is 0 Å². The van der Waals surface area contributed by atoms with Crippen LogP contribution in [-0.2, 0) is 40.1 Å². The van der Waals surface area contributed by atoms with E-state index in [-0.39, 0.29) is 48.2 Å². The number of benzene rings is 4. The molecule has 4 aromatic rings. The summed E-state index contributed by atoms with van der Waals surface area (Å²) in [5.74, 6) is 1.05. The predicted molar refractivity (Wildman–Crippen MR) is 242 cm³/mol. The molecular weight excluding hydrogens is 757 g/mol. The smallest absolute Gasteiger partial charge is 0.230 e. The molecule has 2 saturated heterocycles. The molecule has 0 bridgehead atoms. The molecule has 2 amide bonds. The first kappa shape index (κ1) is 42.6. The predicted octanol–water partition coefficient (Wildman–Crippen LogP) is 10.6. The molecule has 4 aliphatic rings. The normalized spacial score (nSPS) is 22.0. The number of fused-ring (bicyclic) bond motifs is 2. The average Bonchev–Trinajstić information content (AvgIpc) is 3.71. The maximum atomic E-state index is 14.1. The minimum absolute atomic E-state index is 0.0339. The van der Waals surface area contributed by atoms with Crippen molar-refractivity contribution >= 4 is 29.1 Å². The summed E-state index contributed by atoms with van der Waals surface area (Å²) in [7, 11) is 0. The molecule has 7 heteroatoms. The lowest BCUT2D eigenvalue weighted by atomic mass is 9.69. The van der Waals surface area contributed by atoms with E-state index in [1.807, 2.05) is 25.1 Å². The third-order valence-electron chi connectivity index (χ3n) is 14.7. The van der Waals surface area contributed by atoms with Gasteiger partial charge in [0.25, 0.3) is 0 Å². The highest BCUT2D eigenvalue weighted by atomic mass is 16.3. The van der Waals surface area contributed by atoms with E-state index < -0.39 is 5.92 Å². The number of carbonyl (C=O) groups excluding carboxylic acids is 4. The molecule has 3 unspecified atom stereocenters. The molecule has 61 heavy (non-hydrogen) atoms. The van der Waals surface area contributed by atoms with Gasteiger partial charge in [-0.05, 0) is 145 Å². The van der Waals surface area contributed by atoms with Gasteiger partial charge < -0.3 is 10.0 Å². The summed E-state index contributed by atoms with van der Waals surface area (Å²) in [5, 5.41) is 12.6. The summed E-state index contributed by atoms with van der Waals surface area (Å²) >= 11 is 0. The molecule has 0 aromatic heterocycles. The van der Waals surface area contributed by atoms with E-state index in [0.29, 0.717) is 42.3 Å². The number of anilines is 1. The number of amides is 2. The highest BCUT2D eigenvalue weighted by Gasteiger charge is 2.35. The van der Waals surface area contributed by atoms with Crippen LogP contribution in [0.1, 0.15) is 152 Å². The number of phenolic OH excluding ortho intramolecular Hbond substituents is 1. The number of imide groups is 1. The van der Waals surface area contributed by atoms with Crippen LogP contribution in [0.3, 0.4) is 0 Å². The van der Waals surface area contributed by atoms with Gasteiger partial charge in [-0.15, -0.1) is 0 Å². The van der Waals surface area contributed by atoms with Gasteiger partial charge in [-0.2, -0.15) is 0 Å². The van der Waals surface area contributed by atoms with Gasteiger partial charge in [-0.25, -0.2) is 0 Å². The first-order valence-corrected chi connectivity index (χ1v) is 23.5. The number of nitrogens with one attached hydrogen (secondary N) is 1. The molecule has 2 aliphatic carbocycles. The monoisotopic (exact) mass is 820 g/mol. The Morgan fingerprint density at radius 2 is 1.54 bits per heavy atom. The van der Waals surface area contributed by atoms with Crippen molar-refractivity contribution in [3.8, 4) is 5.75 Å². The number of ketones is 2. The topological polar surface area (TPSA) is 104 Å². The number of hydrogen-bond donors (Lipinski definition) is 2. The zero-order valence-corrected chi connectivity index (χ0v) is 36.3. The highest BCUT2D eigenvalue weighted by Crippen LogP contribution is 2.47. The Bertz CT molecular complexity index is 2200. The third kappa shape index (κ3) is 9.72. The molecule has 2 fully saturated rings. The molecular formula is C54H64N2O5. The van der Waals surface area contributed by atoms with Crippen molar-refractivity contribution in [2.24, 2.45) is 23.7 Å². The Morgan fingerprint density at radius 1 is 0.787 bits per heavy atom. The molecule has 0 radical (unpaired) electrons. The third-order valence-corrected chi connectivity index (χ3v) is 14.7. The van der Waals surface area contributed by atoms with E-state index in [4.69, 9.17) is 0 Å². The van der Waals surface area contributed by atoms with Crippen LogP contribution in [0.5, 0.6) is 5.75 Å². The van der Waals surface area contributed by atoms with Gasteiger partial charge in [-0.3, -0.25) is 24.5 Å². The molecule has 0 saturated carbocycles. The van der Waals surface area contributed by atoms with E-state index in [1.54, 1.807) is 0 Å². The zero-order valence-electron chi connectivity index (χ0n) is 36.3. The first-order valence-electron chi connectivity index (χ1n) is 23.5. The van der Waals surface area contributed by atoms with Gasteiger partial charge in [-0.1, -0.05) is 94.1 Å². The molecule has 8 rings (SSSR count). The van der Waals surface area contributed by atoms with Crippen LogP contribution in [0, 0.1) is 23.7 Å². The second kappa shape index (κ2) is 19.3. The Kier molecular flexibility index (Phi) is 13.5. The quantitative estimate of drug-likeness (QED) is 0.0663. The van der Waals surface area contributed by atoms with E-state index in [0.717, 1.165) is 75.1 Å². The SMILES string of the molecule is CCCC(CCCCC1CCN(c2ccc([C@@H]3c4ccc(O)cc4CC[C@@H]3c3ccccc3)cc2)CC1)C(=O)C1Cc2cc(CC)c(C(=O)CC3CCC(=O)NC3=O)cc2C1. The second-order valence-corrected chi connectivity index (χ2v) is 18.6. The van der Waals surface area contributed by atoms with Gasteiger partial charge in [0.15, 0.2) is 5.78 Å². The van der Waals surface area contributed by atoms with Crippen molar-refractivity contribution in [2.75, 3.05) is 18.0 Å². The molecule has 2 aliphatic heterocycles. The summed E-state index contributed by atoms with van der Waals surface area (Å²) in [6.07, 6.45) is 13.8. The summed E-state index contributed by atoms with van der Waals surface area (Å²) < 4.78 is 0. The van der Waals surface area contributed by atoms with Gasteiger partial charge in [0.1, 0.15) is 11.5 Å². The van der Waals surface area contributed by atoms with Crippen LogP contribution in [0.15, 0.2) is 84.9 Å². The molecule has 2 heterocycles. The molecule has 2 N–H and O–H groups in total. The van der Waals surface area contributed by atoms with Gasteiger partial charge in [0.2, 0.25) is 11.8 Å². The average molecular weight is 821 g/mol. The summed E-state index contributed by atoms with van der Waals surface area (Å²) in [6, 6.07) is 30.3. The fraction of sp³-hybridized carbons (Fsp3) is 0.481. The summed E-state index contributed by atoms with van der Waals surface area (Å²) in [6.45, 7) is 6.38. The Labute approximate surface area is 362 Å².